The van der Waals surface area contributed by atoms with E-state index >= 15 is 0 Å². The Kier molecular flexibility index (Phi) is 3000. The van der Waals surface area contributed by atoms with E-state index in [0.717, 1.165) is 0 Å². The first-order chi connectivity index (χ1) is 0. The third-order valence-electron chi connectivity index (χ3n) is 0. The van der Waals surface area contributed by atoms with Gasteiger partial charge in [-0.1, -0.05) is 0 Å². The normalized spacial score (nSPS) is 0. The van der Waals surface area contributed by atoms with Gasteiger partial charge >= 0.3 is 78.6 Å². The summed E-state index contributed by atoms with van der Waals surface area (Å²) in [7, 11) is 0. The van der Waals surface area contributed by atoms with E-state index in [0.29, 0.717) is 0 Å². The fourth-order valence-electron chi connectivity index (χ4n) is 0. The molecule has 0 aliphatic rings. The van der Waals surface area contributed by atoms with Crippen molar-refractivity contribution < 1.29 is 78.6 Å². The maximum absolute atomic E-state index is 0. The van der Waals surface area contributed by atoms with Crippen LogP contribution in [0.25, 0.3) is 24.6 Å². The summed E-state index contributed by atoms with van der Waals surface area (Å²) >= 11 is 0. The summed E-state index contributed by atoms with van der Waals surface area (Å²) in [5.41, 5.74) is 0. The van der Waals surface area contributed by atoms with E-state index in [1.807, 2.05) is 0 Å². The molecule has 0 saturated heterocycles. The zero-order chi connectivity index (χ0) is 0. The average Bonchev–Trinajstić information content (AvgIpc) is 0. The Morgan fingerprint density at radius 3 is 0.300 bits per heavy atom. The molecule has 0 heterocycles. The summed E-state index contributed by atoms with van der Waals surface area (Å²) in [6, 6.07) is 0. The van der Waals surface area contributed by atoms with Gasteiger partial charge in [0.15, 0.2) is 0 Å². The minimum atomic E-state index is 0. The van der Waals surface area contributed by atoms with Crippen LogP contribution in [0.1, 0.15) is 0 Å². The van der Waals surface area contributed by atoms with Crippen molar-refractivity contribution in [3.05, 3.63) is 24.6 Å². The summed E-state index contributed by atoms with van der Waals surface area (Å²) in [5, 5.41) is 0. The van der Waals surface area contributed by atoms with Crippen molar-refractivity contribution in [3.63, 3.8) is 0 Å². The molecule has 0 rings (SSSR count). The van der Waals surface area contributed by atoms with E-state index in [-0.39, 0.29) is 136 Å². The molecule has 0 fully saturated rings. The summed E-state index contributed by atoms with van der Waals surface area (Å²) in [4.78, 5) is 0. The van der Waals surface area contributed by atoms with Gasteiger partial charge in [-0.05, 0) is 0 Å². The first kappa shape index (κ1) is 196. The first-order valence-electron chi connectivity index (χ1n) is 0. The van der Waals surface area contributed by atoms with Crippen molar-refractivity contribution in [2.45, 2.75) is 0 Å². The molecule has 0 saturated carbocycles. The van der Waals surface area contributed by atoms with E-state index in [1.54, 1.807) is 0 Å². The number of hydrogen-bond acceptors (Lipinski definition) is 0. The van der Waals surface area contributed by atoms with Gasteiger partial charge in [0.05, 0.1) is 0 Å². The van der Waals surface area contributed by atoms with Gasteiger partial charge in [-0.3, -0.25) is 0 Å². The summed E-state index contributed by atoms with van der Waals surface area (Å²) < 4.78 is 0. The molecule has 0 N–H and O–H groups in total. The van der Waals surface area contributed by atoms with Gasteiger partial charge in [0.1, 0.15) is 0 Å². The van der Waals surface area contributed by atoms with Gasteiger partial charge < -0.3 is 24.6 Å². The van der Waals surface area contributed by atoms with Crippen LogP contribution in [0, 0.1) is 0 Å². The SMILES string of the molecule is [N-3].[N-3].[N-3].[N-3].[Si].[Si].[Si].[Zr+4].[Zr+4].[Zr+4]. The van der Waals surface area contributed by atoms with Crippen LogP contribution in [0.3, 0.4) is 0 Å². The molecule has 0 amide bonds. The van der Waals surface area contributed by atoms with Crippen molar-refractivity contribution in [2.75, 3.05) is 0 Å². The van der Waals surface area contributed by atoms with E-state index in [9.17, 15) is 0 Å². The van der Waals surface area contributed by atoms with Crippen LogP contribution in [0.2, 0.25) is 0 Å². The smallest absolute Gasteiger partial charge is 3.00 e. The van der Waals surface area contributed by atoms with E-state index < -0.39 is 0 Å². The molecule has 0 aromatic rings. The Balaban J connectivity index is 0. The minimum absolute atomic E-state index is 0. The van der Waals surface area contributed by atoms with Crippen LogP contribution < -0.4 is 0 Å². The minimum Gasteiger partial charge on any atom is -3.00 e. The van der Waals surface area contributed by atoms with Crippen LogP contribution in [0.4, 0.5) is 0 Å². The second kappa shape index (κ2) is 153. The quantitative estimate of drug-likeness (QED) is 0.496. The molecule has 0 spiro atoms. The molecule has 0 aromatic carbocycles. The molecule has 4 nitrogen and oxygen atoms in total. The van der Waals surface area contributed by atoms with Crippen LogP contribution in [-0.2, 0) is 78.6 Å². The Hall–Kier alpha value is 3.14. The fourth-order valence-corrected chi connectivity index (χ4v) is 0. The Morgan fingerprint density at radius 2 is 0.300 bits per heavy atom. The van der Waals surface area contributed by atoms with Gasteiger partial charge in [-0.25, -0.2) is 0 Å². The van der Waals surface area contributed by atoms with Gasteiger partial charge in [-0.15, -0.1) is 0 Å². The summed E-state index contributed by atoms with van der Waals surface area (Å²) in [6.45, 7) is 0. The first-order valence-corrected chi connectivity index (χ1v) is 0. The molecule has 44 valence electrons. The molecule has 10 heavy (non-hydrogen) atoms. The zero-order valence-corrected chi connectivity index (χ0v) is 15.2. The van der Waals surface area contributed by atoms with Gasteiger partial charge in [-0.2, -0.15) is 0 Å². The van der Waals surface area contributed by atoms with Gasteiger partial charge in [0.25, 0.3) is 0 Å². The third kappa shape index (κ3) is 116. The Morgan fingerprint density at radius 1 is 0.300 bits per heavy atom. The molecule has 0 unspecified atom stereocenters. The molecule has 0 atom stereocenters. The predicted octanol–water partition coefficient (Wildman–Crippen LogP) is 0.00490. The summed E-state index contributed by atoms with van der Waals surface area (Å²) in [5.74, 6) is 0. The van der Waals surface area contributed by atoms with Gasteiger partial charge in [0, 0.05) is 32.9 Å². The topological polar surface area (TPSA) is 122 Å². The number of rotatable bonds is 0. The zero-order valence-electron chi connectivity index (χ0n) is 4.79. The monoisotopic (exact) mass is 410 g/mol. The molecule has 0 bridgehead atoms. The maximum atomic E-state index is 0. The number of nitrogens with zero attached hydrogens (tertiary/aromatic N) is 4. The maximum Gasteiger partial charge on any atom is 4.00 e. The van der Waals surface area contributed by atoms with Gasteiger partial charge in [0.2, 0.25) is 0 Å². The van der Waals surface area contributed by atoms with Crippen molar-refractivity contribution in [1.29, 1.82) is 0 Å². The molecular weight excluding hydrogens is 414 g/mol. The Bertz CT molecular complexity index is 15.7. The van der Waals surface area contributed by atoms with E-state index in [4.69, 9.17) is 0 Å². The molecule has 0 aliphatic carbocycles. The van der Waals surface area contributed by atoms with Crippen LogP contribution in [0.5, 0.6) is 0 Å². The van der Waals surface area contributed by atoms with Crippen molar-refractivity contribution in [1.82, 2.24) is 0 Å². The van der Waals surface area contributed by atoms with Crippen LogP contribution in [0.15, 0.2) is 0 Å². The molecular formula is N4Si3Zr3. The molecule has 10 heteroatoms. The van der Waals surface area contributed by atoms with Crippen molar-refractivity contribution in [3.8, 4) is 0 Å². The Labute approximate surface area is 134 Å². The largest absolute Gasteiger partial charge is 4.00 e. The average molecular weight is 414 g/mol. The molecule has 0 aromatic heterocycles. The molecule has 12 radical (unpaired) electrons. The predicted molar refractivity (Wildman–Crippen MR) is 30.7 cm³/mol. The molecule has 0 aliphatic heterocycles. The van der Waals surface area contributed by atoms with Crippen LogP contribution in [-0.4, -0.2) is 32.9 Å². The standard InChI is InChI=1S/4N.3Si.3Zr/q4*-3;;;;3*+4. The van der Waals surface area contributed by atoms with E-state index in [1.165, 1.54) is 0 Å². The number of hydrogen-bond donors (Lipinski definition) is 0. The van der Waals surface area contributed by atoms with Crippen LogP contribution >= 0.6 is 0 Å². The fraction of sp³-hybridized carbons (Fsp3) is 0. The second-order valence-electron chi connectivity index (χ2n) is 0. The third-order valence-corrected chi connectivity index (χ3v) is 0. The second-order valence-corrected chi connectivity index (χ2v) is 0. The summed E-state index contributed by atoms with van der Waals surface area (Å²) in [6.07, 6.45) is 0. The van der Waals surface area contributed by atoms with Crippen molar-refractivity contribution >= 4 is 32.9 Å². The van der Waals surface area contributed by atoms with Crippen molar-refractivity contribution in [2.24, 2.45) is 0 Å². The van der Waals surface area contributed by atoms with E-state index in [2.05, 4.69) is 0 Å².